The van der Waals surface area contributed by atoms with Crippen LogP contribution in [0.3, 0.4) is 0 Å². The van der Waals surface area contributed by atoms with Gasteiger partial charge in [0.05, 0.1) is 18.8 Å². The molecule has 1 N–H and O–H groups in total. The number of hydrogen-bond acceptors (Lipinski definition) is 4. The molecule has 2 aromatic rings. The van der Waals surface area contributed by atoms with E-state index in [2.05, 4.69) is 9.88 Å². The number of nitrogens with zero attached hydrogens (tertiary/aromatic N) is 3. The van der Waals surface area contributed by atoms with Gasteiger partial charge in [-0.3, -0.25) is 4.40 Å². The van der Waals surface area contributed by atoms with Gasteiger partial charge in [-0.05, 0) is 31.4 Å². The lowest BCUT2D eigenvalue weighted by atomic mass is 10.1. The lowest BCUT2D eigenvalue weighted by molar-refractivity contribution is 0.0251. The Hall–Kier alpha value is -2.08. The Morgan fingerprint density at radius 3 is 3.14 bits per heavy atom. The van der Waals surface area contributed by atoms with Crippen molar-refractivity contribution in [1.82, 2.24) is 9.38 Å². The molecule has 3 heterocycles. The Balaban J connectivity index is 1.85. The van der Waals surface area contributed by atoms with E-state index >= 15 is 0 Å². The third-order valence-electron chi connectivity index (χ3n) is 4.47. The van der Waals surface area contributed by atoms with Crippen molar-refractivity contribution < 1.29 is 14.6 Å². The number of fused-ring (bicyclic) bond motifs is 2. The topological polar surface area (TPSA) is 67.1 Å². The van der Waals surface area contributed by atoms with Gasteiger partial charge in [0.25, 0.3) is 0 Å². The lowest BCUT2D eigenvalue weighted by Gasteiger charge is -2.38. The summed E-state index contributed by atoms with van der Waals surface area (Å²) in [6.07, 6.45) is 5.18. The summed E-state index contributed by atoms with van der Waals surface area (Å²) in [7, 11) is 0. The van der Waals surface area contributed by atoms with Gasteiger partial charge in [0.1, 0.15) is 5.65 Å². The van der Waals surface area contributed by atoms with Crippen molar-refractivity contribution in [3.05, 3.63) is 30.1 Å². The molecule has 2 unspecified atom stereocenters. The molecule has 4 rings (SSSR count). The average molecular weight is 287 g/mol. The summed E-state index contributed by atoms with van der Waals surface area (Å²) >= 11 is 0. The minimum absolute atomic E-state index is 0.213. The van der Waals surface area contributed by atoms with Gasteiger partial charge in [-0.2, -0.15) is 0 Å². The summed E-state index contributed by atoms with van der Waals surface area (Å²) in [5.41, 5.74) is 0.920. The van der Waals surface area contributed by atoms with Crippen LogP contribution < -0.4 is 4.90 Å². The first-order valence-electron chi connectivity index (χ1n) is 7.34. The fraction of sp³-hybridized carbons (Fsp3) is 0.467. The fourth-order valence-electron chi connectivity index (χ4n) is 3.57. The first-order chi connectivity index (χ1) is 10.3. The van der Waals surface area contributed by atoms with E-state index in [0.29, 0.717) is 24.6 Å². The van der Waals surface area contributed by atoms with Gasteiger partial charge in [-0.25, -0.2) is 9.78 Å². The maximum atomic E-state index is 11.7. The molecular formula is C15H17N3O3. The number of carboxylic acid groups (broad SMARTS) is 1. The van der Waals surface area contributed by atoms with Crippen molar-refractivity contribution in [2.75, 3.05) is 18.1 Å². The number of anilines is 1. The van der Waals surface area contributed by atoms with Crippen molar-refractivity contribution in [2.45, 2.75) is 31.4 Å². The monoisotopic (exact) mass is 287 g/mol. The number of aromatic carboxylic acids is 1. The quantitative estimate of drug-likeness (QED) is 0.912. The SMILES string of the molecule is O=C(O)c1c(N2CCOC3CCCC32)nc2ccccn12. The van der Waals surface area contributed by atoms with Crippen LogP contribution in [-0.2, 0) is 4.74 Å². The zero-order chi connectivity index (χ0) is 14.4. The molecule has 1 saturated heterocycles. The van der Waals surface area contributed by atoms with E-state index in [1.165, 1.54) is 0 Å². The minimum atomic E-state index is -0.940. The van der Waals surface area contributed by atoms with Crippen LogP contribution in [0, 0.1) is 0 Å². The molecule has 21 heavy (non-hydrogen) atoms. The number of aromatic nitrogens is 2. The Labute approximate surface area is 122 Å². The summed E-state index contributed by atoms with van der Waals surface area (Å²) in [6.45, 7) is 1.33. The molecule has 0 spiro atoms. The third kappa shape index (κ3) is 1.90. The first-order valence-corrected chi connectivity index (χ1v) is 7.34. The highest BCUT2D eigenvalue weighted by Crippen LogP contribution is 2.34. The average Bonchev–Trinajstić information content (AvgIpc) is 3.10. The summed E-state index contributed by atoms with van der Waals surface area (Å²) < 4.78 is 7.45. The molecule has 0 amide bonds. The number of morpholine rings is 1. The number of ether oxygens (including phenoxy) is 1. The predicted octanol–water partition coefficient (Wildman–Crippen LogP) is 1.79. The van der Waals surface area contributed by atoms with Gasteiger partial charge in [0.15, 0.2) is 11.5 Å². The molecule has 1 aliphatic carbocycles. The highest BCUT2D eigenvalue weighted by Gasteiger charge is 2.39. The summed E-state index contributed by atoms with van der Waals surface area (Å²) in [5.74, 6) is -0.362. The highest BCUT2D eigenvalue weighted by molar-refractivity contribution is 5.93. The Morgan fingerprint density at radius 2 is 2.29 bits per heavy atom. The van der Waals surface area contributed by atoms with Crippen molar-refractivity contribution in [1.29, 1.82) is 0 Å². The van der Waals surface area contributed by atoms with Crippen LogP contribution in [0.1, 0.15) is 29.8 Å². The molecule has 0 bridgehead atoms. The van der Waals surface area contributed by atoms with Crippen LogP contribution >= 0.6 is 0 Å². The maximum Gasteiger partial charge on any atom is 0.356 e. The van der Waals surface area contributed by atoms with E-state index in [0.717, 1.165) is 19.3 Å². The number of imidazole rings is 1. The third-order valence-corrected chi connectivity index (χ3v) is 4.47. The zero-order valence-electron chi connectivity index (χ0n) is 11.6. The molecule has 0 aromatic carbocycles. The van der Waals surface area contributed by atoms with Crippen LogP contribution in [0.2, 0.25) is 0 Å². The fourth-order valence-corrected chi connectivity index (χ4v) is 3.57. The maximum absolute atomic E-state index is 11.7. The largest absolute Gasteiger partial charge is 0.476 e. The summed E-state index contributed by atoms with van der Waals surface area (Å²) in [4.78, 5) is 18.4. The number of pyridine rings is 1. The van der Waals surface area contributed by atoms with Crippen molar-refractivity contribution in [3.8, 4) is 0 Å². The van der Waals surface area contributed by atoms with Gasteiger partial charge in [0.2, 0.25) is 0 Å². The van der Waals surface area contributed by atoms with Gasteiger partial charge in [-0.15, -0.1) is 0 Å². The van der Waals surface area contributed by atoms with Crippen molar-refractivity contribution >= 4 is 17.4 Å². The standard InChI is InChI=1S/C15H17N3O3/c19-15(20)13-14(16-12-6-1-2-7-18(12)13)17-8-9-21-11-5-3-4-10(11)17/h1-2,6-7,10-11H,3-5,8-9H2,(H,19,20). The Bertz CT molecular complexity index is 697. The van der Waals surface area contributed by atoms with E-state index in [-0.39, 0.29) is 17.8 Å². The Morgan fingerprint density at radius 1 is 1.38 bits per heavy atom. The number of carboxylic acids is 1. The normalized spacial score (nSPS) is 25.2. The first kappa shape index (κ1) is 12.6. The second kappa shape index (κ2) is 4.73. The van der Waals surface area contributed by atoms with Gasteiger partial charge < -0.3 is 14.7 Å². The zero-order valence-corrected chi connectivity index (χ0v) is 11.6. The van der Waals surface area contributed by atoms with E-state index < -0.39 is 5.97 Å². The van der Waals surface area contributed by atoms with Gasteiger partial charge in [0, 0.05) is 12.7 Å². The van der Waals surface area contributed by atoms with E-state index in [1.54, 1.807) is 10.6 Å². The number of rotatable bonds is 2. The van der Waals surface area contributed by atoms with Crippen molar-refractivity contribution in [2.24, 2.45) is 0 Å². The van der Waals surface area contributed by atoms with E-state index in [4.69, 9.17) is 4.74 Å². The second-order valence-electron chi connectivity index (χ2n) is 5.62. The molecule has 110 valence electrons. The molecular weight excluding hydrogens is 270 g/mol. The molecule has 1 saturated carbocycles. The number of carbonyl (C=O) groups is 1. The molecule has 2 atom stereocenters. The van der Waals surface area contributed by atoms with Gasteiger partial charge in [-0.1, -0.05) is 6.07 Å². The van der Waals surface area contributed by atoms with Gasteiger partial charge >= 0.3 is 5.97 Å². The summed E-state index contributed by atoms with van der Waals surface area (Å²) in [6, 6.07) is 5.78. The molecule has 1 aliphatic heterocycles. The molecule has 0 radical (unpaired) electrons. The van der Waals surface area contributed by atoms with Crippen molar-refractivity contribution in [3.63, 3.8) is 0 Å². The smallest absolute Gasteiger partial charge is 0.356 e. The Kier molecular flexibility index (Phi) is 2.85. The molecule has 2 aromatic heterocycles. The molecule has 2 aliphatic rings. The minimum Gasteiger partial charge on any atom is -0.476 e. The molecule has 2 fully saturated rings. The molecule has 6 nitrogen and oxygen atoms in total. The van der Waals surface area contributed by atoms with Crippen LogP contribution in [0.4, 0.5) is 5.82 Å². The van der Waals surface area contributed by atoms with E-state index in [1.807, 2.05) is 18.2 Å². The number of hydrogen-bond donors (Lipinski definition) is 1. The second-order valence-corrected chi connectivity index (χ2v) is 5.62. The van der Waals surface area contributed by atoms with Crippen LogP contribution in [0.5, 0.6) is 0 Å². The summed E-state index contributed by atoms with van der Waals surface area (Å²) in [5, 5.41) is 9.60. The lowest BCUT2D eigenvalue weighted by Crippen LogP contribution is -2.49. The van der Waals surface area contributed by atoms with Crippen LogP contribution in [0.15, 0.2) is 24.4 Å². The highest BCUT2D eigenvalue weighted by atomic mass is 16.5. The van der Waals surface area contributed by atoms with Crippen LogP contribution in [-0.4, -0.2) is 45.8 Å². The van der Waals surface area contributed by atoms with E-state index in [9.17, 15) is 9.90 Å². The van der Waals surface area contributed by atoms with Crippen LogP contribution in [0.25, 0.3) is 5.65 Å². The molecule has 6 heteroatoms. The predicted molar refractivity (Wildman–Crippen MR) is 76.9 cm³/mol.